The molecular formula is C27H22BrIN2O4. The van der Waals surface area contributed by atoms with E-state index in [1.54, 1.807) is 12.1 Å². The molecule has 0 atom stereocenters. The Kier molecular flexibility index (Phi) is 9.46. The number of halogens is 2. The summed E-state index contributed by atoms with van der Waals surface area (Å²) in [6.45, 7) is 2.40. The Balaban J connectivity index is 1.87. The number of hydrogen-bond donors (Lipinski definition) is 1. The number of rotatable bonds is 8. The molecule has 0 aliphatic heterocycles. The summed E-state index contributed by atoms with van der Waals surface area (Å²) >= 11 is 5.85. The molecule has 0 aliphatic carbocycles. The summed E-state index contributed by atoms with van der Waals surface area (Å²) in [5.74, 6) is -0.315. The summed E-state index contributed by atoms with van der Waals surface area (Å²) in [4.78, 5) is 24.3. The van der Waals surface area contributed by atoms with Gasteiger partial charge in [0, 0.05) is 25.7 Å². The fraction of sp³-hybridized carbons (Fsp3) is 0.148. The zero-order valence-electron chi connectivity index (χ0n) is 19.1. The Hall–Kier alpha value is -3.16. The molecule has 0 saturated heterocycles. The van der Waals surface area contributed by atoms with Gasteiger partial charge in [0.25, 0.3) is 5.91 Å². The van der Waals surface area contributed by atoms with Crippen molar-refractivity contribution in [3.63, 3.8) is 0 Å². The molecule has 0 saturated carbocycles. The number of anilines is 1. The van der Waals surface area contributed by atoms with Crippen molar-refractivity contribution in [3.05, 3.63) is 96.5 Å². The van der Waals surface area contributed by atoms with Crippen molar-refractivity contribution >= 4 is 62.2 Å². The highest BCUT2D eigenvalue weighted by molar-refractivity contribution is 14.1. The summed E-state index contributed by atoms with van der Waals surface area (Å²) < 4.78 is 12.6. The molecule has 0 aliphatic rings. The van der Waals surface area contributed by atoms with Crippen LogP contribution in [-0.4, -0.2) is 25.6 Å². The second-order valence-corrected chi connectivity index (χ2v) is 9.39. The molecule has 8 heteroatoms. The van der Waals surface area contributed by atoms with Crippen LogP contribution in [-0.2, 0) is 16.0 Å². The van der Waals surface area contributed by atoms with Crippen LogP contribution in [0.4, 0.5) is 5.69 Å². The highest BCUT2D eigenvalue weighted by Crippen LogP contribution is 2.31. The number of hydrogen-bond acceptors (Lipinski definition) is 5. The Morgan fingerprint density at radius 3 is 2.49 bits per heavy atom. The molecular weight excluding hydrogens is 623 g/mol. The maximum atomic E-state index is 12.7. The molecule has 0 radical (unpaired) electrons. The first-order valence-electron chi connectivity index (χ1n) is 10.7. The number of nitrogens with one attached hydrogen (secondary N) is 1. The summed E-state index contributed by atoms with van der Waals surface area (Å²) in [7, 11) is 1.30. The molecule has 3 aromatic rings. The number of nitriles is 1. The summed E-state index contributed by atoms with van der Waals surface area (Å²) in [5.41, 5.74) is 3.61. The number of carbonyl (C=O) groups is 2. The third-order valence-corrected chi connectivity index (χ3v) is 6.78. The second kappa shape index (κ2) is 12.5. The van der Waals surface area contributed by atoms with Crippen LogP contribution in [0.15, 0.2) is 70.7 Å². The van der Waals surface area contributed by atoms with E-state index in [1.807, 2.05) is 43.3 Å². The van der Waals surface area contributed by atoms with Gasteiger partial charge in [-0.15, -0.1) is 0 Å². The zero-order valence-corrected chi connectivity index (χ0v) is 22.8. The van der Waals surface area contributed by atoms with Gasteiger partial charge in [-0.05, 0) is 89.2 Å². The predicted molar refractivity (Wildman–Crippen MR) is 147 cm³/mol. The smallest absolute Gasteiger partial charge is 0.337 e. The molecule has 0 spiro atoms. The first-order chi connectivity index (χ1) is 16.9. The number of ether oxygens (including phenoxy) is 2. The van der Waals surface area contributed by atoms with Crippen molar-refractivity contribution in [2.75, 3.05) is 19.0 Å². The Bertz CT molecular complexity index is 1310. The number of benzene rings is 3. The maximum absolute atomic E-state index is 12.7. The highest BCUT2D eigenvalue weighted by atomic mass is 127. The fourth-order valence-corrected chi connectivity index (χ4v) is 4.56. The van der Waals surface area contributed by atoms with Crippen LogP contribution in [0.2, 0.25) is 0 Å². The van der Waals surface area contributed by atoms with E-state index < -0.39 is 11.9 Å². The third kappa shape index (κ3) is 6.93. The van der Waals surface area contributed by atoms with Crippen molar-refractivity contribution in [2.45, 2.75) is 13.3 Å². The molecule has 3 aromatic carbocycles. The van der Waals surface area contributed by atoms with Gasteiger partial charge in [-0.2, -0.15) is 5.26 Å². The van der Waals surface area contributed by atoms with Gasteiger partial charge >= 0.3 is 5.97 Å². The minimum absolute atomic E-state index is 0.0566. The minimum atomic E-state index is -0.552. The van der Waals surface area contributed by atoms with Gasteiger partial charge in [0.05, 0.1) is 19.3 Å². The van der Waals surface area contributed by atoms with Crippen LogP contribution in [0, 0.1) is 14.9 Å². The predicted octanol–water partition coefficient (Wildman–Crippen LogP) is 6.38. The number of methoxy groups -OCH3 is 1. The van der Waals surface area contributed by atoms with Gasteiger partial charge in [-0.3, -0.25) is 4.79 Å². The first kappa shape index (κ1) is 26.4. The van der Waals surface area contributed by atoms with E-state index in [-0.39, 0.29) is 5.57 Å². The van der Waals surface area contributed by atoms with Crippen LogP contribution in [0.1, 0.15) is 34.0 Å². The lowest BCUT2D eigenvalue weighted by molar-refractivity contribution is -0.112. The van der Waals surface area contributed by atoms with Crippen molar-refractivity contribution in [3.8, 4) is 11.8 Å². The molecule has 35 heavy (non-hydrogen) atoms. The monoisotopic (exact) mass is 644 g/mol. The first-order valence-corrected chi connectivity index (χ1v) is 12.5. The zero-order chi connectivity index (χ0) is 25.4. The van der Waals surface area contributed by atoms with E-state index in [1.165, 1.54) is 25.3 Å². The lowest BCUT2D eigenvalue weighted by Crippen LogP contribution is -2.13. The molecule has 0 aromatic heterocycles. The fourth-order valence-electron chi connectivity index (χ4n) is 3.32. The van der Waals surface area contributed by atoms with Crippen molar-refractivity contribution in [1.29, 1.82) is 5.26 Å². The van der Waals surface area contributed by atoms with Crippen LogP contribution in [0.25, 0.3) is 6.08 Å². The SMILES string of the molecule is CCOc1cc(/C=C(\C#N)C(=O)Nc2ccc(C(=O)OC)cc2)cc(I)c1Cc1ccccc1Br. The van der Waals surface area contributed by atoms with E-state index in [2.05, 4.69) is 54.6 Å². The van der Waals surface area contributed by atoms with Crippen molar-refractivity contribution < 1.29 is 19.1 Å². The quantitative estimate of drug-likeness (QED) is 0.133. The molecule has 3 rings (SSSR count). The van der Waals surface area contributed by atoms with E-state index in [0.717, 1.165) is 19.2 Å². The number of esters is 1. The third-order valence-electron chi connectivity index (χ3n) is 5.04. The number of amides is 1. The Labute approximate surface area is 226 Å². The summed E-state index contributed by atoms with van der Waals surface area (Å²) in [5, 5.41) is 12.3. The Morgan fingerprint density at radius 1 is 1.14 bits per heavy atom. The molecule has 0 fully saturated rings. The second-order valence-electron chi connectivity index (χ2n) is 7.37. The molecule has 0 heterocycles. The lowest BCUT2D eigenvalue weighted by Gasteiger charge is -2.15. The van der Waals surface area contributed by atoms with Gasteiger partial charge in [0.1, 0.15) is 17.4 Å². The van der Waals surface area contributed by atoms with Gasteiger partial charge in [-0.25, -0.2) is 4.79 Å². The summed E-state index contributed by atoms with van der Waals surface area (Å²) in [6.07, 6.45) is 2.21. The van der Waals surface area contributed by atoms with Crippen LogP contribution < -0.4 is 10.1 Å². The van der Waals surface area contributed by atoms with E-state index in [0.29, 0.717) is 35.6 Å². The van der Waals surface area contributed by atoms with Crippen LogP contribution in [0.3, 0.4) is 0 Å². The standard InChI is InChI=1S/C27H22BrIN2O4/c1-3-35-25-14-17(13-24(29)22(25)15-19-6-4-5-7-23(19)28)12-20(16-30)26(32)31-21-10-8-18(9-11-21)27(33)34-2/h4-14H,3,15H2,1-2H3,(H,31,32)/b20-12+. The van der Waals surface area contributed by atoms with Crippen LogP contribution >= 0.6 is 38.5 Å². The lowest BCUT2D eigenvalue weighted by atomic mass is 10.0. The van der Waals surface area contributed by atoms with E-state index >= 15 is 0 Å². The van der Waals surface area contributed by atoms with Crippen molar-refractivity contribution in [2.24, 2.45) is 0 Å². The molecule has 1 amide bonds. The normalized spacial score (nSPS) is 10.9. The molecule has 178 valence electrons. The number of nitrogens with zero attached hydrogens (tertiary/aromatic N) is 1. The average molecular weight is 645 g/mol. The van der Waals surface area contributed by atoms with E-state index in [9.17, 15) is 14.9 Å². The largest absolute Gasteiger partial charge is 0.494 e. The van der Waals surface area contributed by atoms with Gasteiger partial charge in [0.2, 0.25) is 0 Å². The minimum Gasteiger partial charge on any atom is -0.494 e. The average Bonchev–Trinajstić information content (AvgIpc) is 2.85. The van der Waals surface area contributed by atoms with Gasteiger partial charge in [0.15, 0.2) is 0 Å². The van der Waals surface area contributed by atoms with Crippen LogP contribution in [0.5, 0.6) is 5.75 Å². The Morgan fingerprint density at radius 2 is 1.86 bits per heavy atom. The molecule has 0 bridgehead atoms. The maximum Gasteiger partial charge on any atom is 0.337 e. The summed E-state index contributed by atoms with van der Waals surface area (Å²) in [6, 6.07) is 20.0. The molecule has 0 unspecified atom stereocenters. The van der Waals surface area contributed by atoms with E-state index in [4.69, 9.17) is 4.74 Å². The molecule has 6 nitrogen and oxygen atoms in total. The topological polar surface area (TPSA) is 88.4 Å². The van der Waals surface area contributed by atoms with Gasteiger partial charge in [-0.1, -0.05) is 34.1 Å². The number of carbonyl (C=O) groups excluding carboxylic acids is 2. The van der Waals surface area contributed by atoms with Gasteiger partial charge < -0.3 is 14.8 Å². The molecule has 1 N–H and O–H groups in total. The highest BCUT2D eigenvalue weighted by Gasteiger charge is 2.15. The van der Waals surface area contributed by atoms with Crippen molar-refractivity contribution in [1.82, 2.24) is 0 Å².